The summed E-state index contributed by atoms with van der Waals surface area (Å²) in [4.78, 5) is 22.8. The van der Waals surface area contributed by atoms with Crippen LogP contribution in [-0.4, -0.2) is 23.7 Å². The van der Waals surface area contributed by atoms with Gasteiger partial charge in [-0.1, -0.05) is 19.1 Å². The first-order valence-corrected chi connectivity index (χ1v) is 6.99. The monoisotopic (exact) mass is 376 g/mol. The number of rotatable bonds is 5. The van der Waals surface area contributed by atoms with Crippen LogP contribution in [-0.2, 0) is 4.79 Å². The Bertz CT molecular complexity index is 479. The number of urea groups is 1. The van der Waals surface area contributed by atoms with Gasteiger partial charge in [0.05, 0.1) is 11.1 Å². The fourth-order valence-corrected chi connectivity index (χ4v) is 1.88. The van der Waals surface area contributed by atoms with Crippen molar-refractivity contribution < 1.29 is 14.7 Å². The van der Waals surface area contributed by atoms with Gasteiger partial charge >= 0.3 is 12.0 Å². The summed E-state index contributed by atoms with van der Waals surface area (Å²) in [6.45, 7) is 3.49. The predicted molar refractivity (Wildman–Crippen MR) is 82.2 cm³/mol. The molecule has 104 valence electrons. The third-order valence-corrected chi connectivity index (χ3v) is 4.00. The highest BCUT2D eigenvalue weighted by Crippen LogP contribution is 2.20. The Morgan fingerprint density at radius 1 is 1.37 bits per heavy atom. The lowest BCUT2D eigenvalue weighted by atomic mass is 9.88. The minimum absolute atomic E-state index is 0.0913. The molecule has 6 heteroatoms. The van der Waals surface area contributed by atoms with Crippen LogP contribution in [0.5, 0.6) is 0 Å². The van der Waals surface area contributed by atoms with E-state index >= 15 is 0 Å². The van der Waals surface area contributed by atoms with Crippen LogP contribution >= 0.6 is 22.6 Å². The van der Waals surface area contributed by atoms with Crippen molar-refractivity contribution in [1.82, 2.24) is 5.32 Å². The highest BCUT2D eigenvalue weighted by Gasteiger charge is 2.31. The van der Waals surface area contributed by atoms with Crippen molar-refractivity contribution in [2.24, 2.45) is 5.41 Å². The van der Waals surface area contributed by atoms with Crippen molar-refractivity contribution in [1.29, 1.82) is 0 Å². The van der Waals surface area contributed by atoms with Crippen LogP contribution in [0.25, 0.3) is 0 Å². The first-order valence-electron chi connectivity index (χ1n) is 5.92. The molecule has 2 amide bonds. The molecule has 0 aromatic heterocycles. The molecule has 0 aliphatic carbocycles. The normalized spacial score (nSPS) is 13.4. The van der Waals surface area contributed by atoms with Gasteiger partial charge in [0, 0.05) is 10.1 Å². The van der Waals surface area contributed by atoms with E-state index in [0.29, 0.717) is 12.1 Å². The van der Waals surface area contributed by atoms with Crippen LogP contribution in [0.3, 0.4) is 0 Å². The number of nitrogens with one attached hydrogen (secondary N) is 2. The molecule has 3 N–H and O–H groups in total. The number of hydrogen-bond acceptors (Lipinski definition) is 2. The summed E-state index contributed by atoms with van der Waals surface area (Å²) in [6.07, 6.45) is 0.450. The van der Waals surface area contributed by atoms with Gasteiger partial charge in [0.15, 0.2) is 0 Å². The zero-order chi connectivity index (χ0) is 14.5. The lowest BCUT2D eigenvalue weighted by molar-refractivity contribution is -0.147. The second-order valence-corrected chi connectivity index (χ2v) is 5.67. The van der Waals surface area contributed by atoms with E-state index in [4.69, 9.17) is 5.11 Å². The number of para-hydroxylation sites is 1. The van der Waals surface area contributed by atoms with Crippen LogP contribution < -0.4 is 10.6 Å². The van der Waals surface area contributed by atoms with E-state index in [1.807, 2.05) is 18.2 Å². The number of aliphatic carboxylic acids is 1. The zero-order valence-corrected chi connectivity index (χ0v) is 13.0. The average Bonchev–Trinajstić information content (AvgIpc) is 2.38. The van der Waals surface area contributed by atoms with Gasteiger partial charge in [-0.05, 0) is 48.1 Å². The SMILES string of the molecule is CCC(C)(CNC(=O)Nc1ccccc1I)C(=O)O. The van der Waals surface area contributed by atoms with Crippen molar-refractivity contribution in [3.8, 4) is 0 Å². The Morgan fingerprint density at radius 3 is 2.53 bits per heavy atom. The Hall–Kier alpha value is -1.31. The van der Waals surface area contributed by atoms with Crippen molar-refractivity contribution >= 4 is 40.3 Å². The zero-order valence-electron chi connectivity index (χ0n) is 10.9. The number of carboxylic acid groups (broad SMARTS) is 1. The summed E-state index contributed by atoms with van der Waals surface area (Å²) in [5, 5.41) is 14.4. The maximum atomic E-state index is 11.7. The minimum Gasteiger partial charge on any atom is -0.481 e. The molecule has 1 atom stereocenters. The first kappa shape index (κ1) is 15.7. The number of carboxylic acids is 1. The molecule has 0 saturated heterocycles. The standard InChI is InChI=1S/C13H17IN2O3/c1-3-13(2,11(17)18)8-15-12(19)16-10-7-5-4-6-9(10)14/h4-7H,3,8H2,1-2H3,(H,17,18)(H2,15,16,19). The van der Waals surface area contributed by atoms with Crippen LogP contribution in [0.2, 0.25) is 0 Å². The molecule has 0 saturated carbocycles. The highest BCUT2D eigenvalue weighted by atomic mass is 127. The van der Waals surface area contributed by atoms with E-state index in [0.717, 1.165) is 3.57 Å². The van der Waals surface area contributed by atoms with E-state index in [1.54, 1.807) is 19.9 Å². The van der Waals surface area contributed by atoms with Gasteiger partial charge in [0.1, 0.15) is 0 Å². The molecule has 5 nitrogen and oxygen atoms in total. The Balaban J connectivity index is 2.58. The molecule has 1 aromatic rings. The third-order valence-electron chi connectivity index (χ3n) is 3.06. The summed E-state index contributed by atoms with van der Waals surface area (Å²) < 4.78 is 0.923. The average molecular weight is 376 g/mol. The Morgan fingerprint density at radius 2 is 2.00 bits per heavy atom. The molecular weight excluding hydrogens is 359 g/mol. The van der Waals surface area contributed by atoms with Crippen molar-refractivity contribution in [3.63, 3.8) is 0 Å². The molecule has 0 aliphatic heterocycles. The summed E-state index contributed by atoms with van der Waals surface area (Å²) >= 11 is 2.12. The number of amides is 2. The van der Waals surface area contributed by atoms with Gasteiger partial charge < -0.3 is 15.7 Å². The lowest BCUT2D eigenvalue weighted by Crippen LogP contribution is -2.42. The maximum Gasteiger partial charge on any atom is 0.319 e. The lowest BCUT2D eigenvalue weighted by Gasteiger charge is -2.23. The topological polar surface area (TPSA) is 78.4 Å². The van der Waals surface area contributed by atoms with Crippen LogP contribution in [0.1, 0.15) is 20.3 Å². The molecule has 0 spiro atoms. The van der Waals surface area contributed by atoms with Crippen molar-refractivity contribution in [2.75, 3.05) is 11.9 Å². The molecule has 0 heterocycles. The van der Waals surface area contributed by atoms with Gasteiger partial charge in [-0.15, -0.1) is 0 Å². The van der Waals surface area contributed by atoms with E-state index in [2.05, 4.69) is 33.2 Å². The number of carbonyl (C=O) groups is 2. The van der Waals surface area contributed by atoms with Gasteiger partial charge in [0.25, 0.3) is 0 Å². The van der Waals surface area contributed by atoms with Gasteiger partial charge in [-0.3, -0.25) is 4.79 Å². The van der Waals surface area contributed by atoms with E-state index in [9.17, 15) is 9.59 Å². The van der Waals surface area contributed by atoms with E-state index in [-0.39, 0.29) is 6.54 Å². The molecule has 0 bridgehead atoms. The fourth-order valence-electron chi connectivity index (χ4n) is 1.36. The van der Waals surface area contributed by atoms with E-state index < -0.39 is 17.4 Å². The summed E-state index contributed by atoms with van der Waals surface area (Å²) in [6, 6.07) is 6.97. The summed E-state index contributed by atoms with van der Waals surface area (Å²) in [5.41, 5.74) is -0.240. The Labute approximate surface area is 125 Å². The first-order chi connectivity index (χ1) is 8.89. The number of hydrogen-bond donors (Lipinski definition) is 3. The van der Waals surface area contributed by atoms with Gasteiger partial charge in [0.2, 0.25) is 0 Å². The maximum absolute atomic E-state index is 11.7. The van der Waals surface area contributed by atoms with Crippen LogP contribution in [0.15, 0.2) is 24.3 Å². The number of carbonyl (C=O) groups excluding carboxylic acids is 1. The Kier molecular flexibility index (Phi) is 5.59. The van der Waals surface area contributed by atoms with Crippen LogP contribution in [0.4, 0.5) is 10.5 Å². The minimum atomic E-state index is -0.943. The molecule has 1 unspecified atom stereocenters. The van der Waals surface area contributed by atoms with Crippen molar-refractivity contribution in [3.05, 3.63) is 27.8 Å². The number of anilines is 1. The summed E-state index contributed by atoms with van der Waals surface area (Å²) in [5.74, 6) is -0.912. The predicted octanol–water partition coefficient (Wildman–Crippen LogP) is 2.91. The summed E-state index contributed by atoms with van der Waals surface area (Å²) in [7, 11) is 0. The molecule has 1 rings (SSSR count). The van der Waals surface area contributed by atoms with Crippen LogP contribution in [0, 0.1) is 8.99 Å². The van der Waals surface area contributed by atoms with Gasteiger partial charge in [-0.2, -0.15) is 0 Å². The molecule has 19 heavy (non-hydrogen) atoms. The number of benzene rings is 1. The largest absolute Gasteiger partial charge is 0.481 e. The molecule has 0 radical (unpaired) electrons. The smallest absolute Gasteiger partial charge is 0.319 e. The van der Waals surface area contributed by atoms with Gasteiger partial charge in [-0.25, -0.2) is 4.79 Å². The molecule has 0 fully saturated rings. The van der Waals surface area contributed by atoms with Crippen molar-refractivity contribution in [2.45, 2.75) is 20.3 Å². The van der Waals surface area contributed by atoms with E-state index in [1.165, 1.54) is 0 Å². The third kappa shape index (κ3) is 4.38. The molecule has 1 aromatic carbocycles. The highest BCUT2D eigenvalue weighted by molar-refractivity contribution is 14.1. The second-order valence-electron chi connectivity index (χ2n) is 4.51. The quantitative estimate of drug-likeness (QED) is 0.692. The molecular formula is C13H17IN2O3. The fraction of sp³-hybridized carbons (Fsp3) is 0.385. The number of halogens is 1. The molecule has 0 aliphatic rings. The second kappa shape index (κ2) is 6.74.